The third kappa shape index (κ3) is 4.81. The van der Waals surface area contributed by atoms with Crippen LogP contribution in [0.2, 0.25) is 0 Å². The summed E-state index contributed by atoms with van der Waals surface area (Å²) in [5.74, 6) is 0.825. The summed E-state index contributed by atoms with van der Waals surface area (Å²) in [5, 5.41) is 17.2. The van der Waals surface area contributed by atoms with E-state index in [4.69, 9.17) is 14.0 Å². The van der Waals surface area contributed by atoms with E-state index >= 15 is 0 Å². The van der Waals surface area contributed by atoms with Crippen LogP contribution in [-0.2, 0) is 17.8 Å². The van der Waals surface area contributed by atoms with Crippen LogP contribution in [0, 0.1) is 10.1 Å². The number of amides is 1. The molecule has 1 amide bonds. The Morgan fingerprint density at radius 2 is 2.07 bits per heavy atom. The van der Waals surface area contributed by atoms with Crippen LogP contribution < -0.4 is 14.8 Å². The number of ether oxygens (including phenoxy) is 2. The molecule has 0 spiro atoms. The van der Waals surface area contributed by atoms with Gasteiger partial charge in [-0.25, -0.2) is 0 Å². The Morgan fingerprint density at radius 3 is 2.86 bits per heavy atom. The molecule has 0 unspecified atom stereocenters. The zero-order chi connectivity index (χ0) is 19.9. The Morgan fingerprint density at radius 1 is 1.25 bits per heavy atom. The van der Waals surface area contributed by atoms with Crippen LogP contribution in [0.15, 0.2) is 53.1 Å². The lowest BCUT2D eigenvalue weighted by atomic mass is 10.2. The van der Waals surface area contributed by atoms with Crippen molar-refractivity contribution in [1.82, 2.24) is 10.1 Å². The molecule has 1 heterocycles. The Hall–Kier alpha value is -3.95. The fourth-order valence-electron chi connectivity index (χ4n) is 2.34. The molecule has 10 nitrogen and oxygen atoms in total. The molecule has 0 saturated heterocycles. The third-order valence-electron chi connectivity index (χ3n) is 3.60. The highest BCUT2D eigenvalue weighted by atomic mass is 16.6. The van der Waals surface area contributed by atoms with Crippen LogP contribution in [0.3, 0.4) is 0 Å². The Kier molecular flexibility index (Phi) is 5.80. The second kappa shape index (κ2) is 8.62. The van der Waals surface area contributed by atoms with E-state index in [0.717, 1.165) is 0 Å². The van der Waals surface area contributed by atoms with E-state index in [-0.39, 0.29) is 36.3 Å². The van der Waals surface area contributed by atoms with Gasteiger partial charge in [-0.3, -0.25) is 14.9 Å². The molecule has 10 heteroatoms. The molecule has 3 rings (SSSR count). The number of nitrogens with zero attached hydrogens (tertiary/aromatic N) is 3. The molecule has 2 aromatic carbocycles. The molecule has 0 radical (unpaired) electrons. The van der Waals surface area contributed by atoms with Gasteiger partial charge in [-0.15, -0.1) is 0 Å². The largest absolute Gasteiger partial charge is 0.495 e. The average Bonchev–Trinajstić information content (AvgIpc) is 3.14. The summed E-state index contributed by atoms with van der Waals surface area (Å²) in [6.07, 6.45) is -0.0989. The molecule has 0 aliphatic rings. The molecule has 144 valence electrons. The van der Waals surface area contributed by atoms with Gasteiger partial charge in [0.25, 0.3) is 11.6 Å². The highest BCUT2D eigenvalue weighted by molar-refractivity contribution is 5.93. The fourth-order valence-corrected chi connectivity index (χ4v) is 2.34. The number of carbonyl (C=O) groups is 1. The molecule has 28 heavy (non-hydrogen) atoms. The number of nitro groups is 1. The van der Waals surface area contributed by atoms with E-state index in [1.165, 1.54) is 25.3 Å². The molecule has 0 bridgehead atoms. The van der Waals surface area contributed by atoms with E-state index in [1.807, 2.05) is 0 Å². The van der Waals surface area contributed by atoms with Gasteiger partial charge in [-0.05, 0) is 18.2 Å². The second-order valence-corrected chi connectivity index (χ2v) is 5.57. The minimum Gasteiger partial charge on any atom is -0.495 e. The number of aromatic nitrogens is 2. The molecule has 0 aliphatic heterocycles. The minimum absolute atomic E-state index is 0.0811. The summed E-state index contributed by atoms with van der Waals surface area (Å²) in [7, 11) is 1.51. The van der Waals surface area contributed by atoms with Crippen molar-refractivity contribution in [2.45, 2.75) is 13.0 Å². The van der Waals surface area contributed by atoms with Gasteiger partial charge >= 0.3 is 0 Å². The molecule has 0 fully saturated rings. The standard InChI is InChI=1S/C18H16N4O6/c1-26-15-8-3-2-7-14(15)19-17(23)10-16-20-18(28-21-16)11-27-13-6-4-5-12(9-13)22(24)25/h2-9H,10-11H2,1H3,(H,19,23). The Balaban J connectivity index is 1.56. The van der Waals surface area contributed by atoms with Crippen molar-refractivity contribution in [2.75, 3.05) is 12.4 Å². The van der Waals surface area contributed by atoms with Gasteiger partial charge in [0.05, 0.1) is 30.2 Å². The smallest absolute Gasteiger partial charge is 0.273 e. The van der Waals surface area contributed by atoms with Crippen molar-refractivity contribution >= 4 is 17.3 Å². The predicted molar refractivity (Wildman–Crippen MR) is 97.1 cm³/mol. The molecule has 0 aliphatic carbocycles. The zero-order valence-electron chi connectivity index (χ0n) is 14.8. The number of hydrogen-bond donors (Lipinski definition) is 1. The number of para-hydroxylation sites is 2. The monoisotopic (exact) mass is 384 g/mol. The maximum Gasteiger partial charge on any atom is 0.273 e. The Bertz CT molecular complexity index is 987. The number of hydrogen-bond acceptors (Lipinski definition) is 8. The maximum absolute atomic E-state index is 12.2. The van der Waals surface area contributed by atoms with E-state index < -0.39 is 4.92 Å². The summed E-state index contributed by atoms with van der Waals surface area (Å²) in [6.45, 7) is -0.0811. The highest BCUT2D eigenvalue weighted by Crippen LogP contribution is 2.23. The molecular formula is C18H16N4O6. The number of methoxy groups -OCH3 is 1. The van der Waals surface area contributed by atoms with Gasteiger partial charge in [0.15, 0.2) is 12.4 Å². The van der Waals surface area contributed by atoms with Crippen molar-refractivity contribution in [3.05, 3.63) is 70.4 Å². The SMILES string of the molecule is COc1ccccc1NC(=O)Cc1noc(COc2cccc([N+](=O)[O-])c2)n1. The molecule has 0 atom stereocenters. The van der Waals surface area contributed by atoms with Crippen molar-refractivity contribution in [3.8, 4) is 11.5 Å². The first-order valence-corrected chi connectivity index (χ1v) is 8.16. The van der Waals surface area contributed by atoms with Gasteiger partial charge in [0.1, 0.15) is 11.5 Å². The van der Waals surface area contributed by atoms with Gasteiger partial charge in [0, 0.05) is 6.07 Å². The van der Waals surface area contributed by atoms with Crippen LogP contribution in [0.4, 0.5) is 11.4 Å². The first-order valence-electron chi connectivity index (χ1n) is 8.16. The van der Waals surface area contributed by atoms with Crippen molar-refractivity contribution < 1.29 is 23.7 Å². The molecule has 0 saturated carbocycles. The summed E-state index contributed by atoms with van der Waals surface area (Å²) in [4.78, 5) is 26.5. The van der Waals surface area contributed by atoms with E-state index in [1.54, 1.807) is 30.3 Å². The highest BCUT2D eigenvalue weighted by Gasteiger charge is 2.14. The number of anilines is 1. The lowest BCUT2D eigenvalue weighted by Crippen LogP contribution is -2.15. The zero-order valence-corrected chi connectivity index (χ0v) is 14.8. The predicted octanol–water partition coefficient (Wildman–Crippen LogP) is 2.75. The number of rotatable bonds is 8. The number of non-ortho nitro benzene ring substituents is 1. The van der Waals surface area contributed by atoms with E-state index in [2.05, 4.69) is 15.5 Å². The molecule has 3 aromatic rings. The summed E-state index contributed by atoms with van der Waals surface area (Å²) >= 11 is 0. The molecule has 1 aromatic heterocycles. The van der Waals surface area contributed by atoms with Crippen LogP contribution in [0.25, 0.3) is 0 Å². The van der Waals surface area contributed by atoms with Crippen molar-refractivity contribution in [2.24, 2.45) is 0 Å². The summed E-state index contributed by atoms with van der Waals surface area (Å²) in [5.41, 5.74) is 0.449. The van der Waals surface area contributed by atoms with Gasteiger partial charge in [-0.2, -0.15) is 4.98 Å². The lowest BCUT2D eigenvalue weighted by molar-refractivity contribution is -0.384. The minimum atomic E-state index is -0.516. The van der Waals surface area contributed by atoms with Gasteiger partial charge < -0.3 is 19.3 Å². The van der Waals surface area contributed by atoms with Crippen molar-refractivity contribution in [1.29, 1.82) is 0 Å². The number of benzene rings is 2. The molecule has 1 N–H and O–H groups in total. The molecular weight excluding hydrogens is 368 g/mol. The topological polar surface area (TPSA) is 130 Å². The Labute approximate surface area is 159 Å². The quantitative estimate of drug-likeness (QED) is 0.463. The number of carbonyl (C=O) groups excluding carboxylic acids is 1. The van der Waals surface area contributed by atoms with Gasteiger partial charge in [0.2, 0.25) is 5.91 Å². The fraction of sp³-hybridized carbons (Fsp3) is 0.167. The first kappa shape index (κ1) is 18.8. The lowest BCUT2D eigenvalue weighted by Gasteiger charge is -2.08. The summed E-state index contributed by atoms with van der Waals surface area (Å²) < 4.78 is 15.6. The first-order chi connectivity index (χ1) is 13.5. The van der Waals surface area contributed by atoms with Gasteiger partial charge in [-0.1, -0.05) is 23.4 Å². The third-order valence-corrected chi connectivity index (χ3v) is 3.60. The van der Waals surface area contributed by atoms with E-state index in [9.17, 15) is 14.9 Å². The number of nitro benzene ring substituents is 1. The van der Waals surface area contributed by atoms with Crippen LogP contribution >= 0.6 is 0 Å². The van der Waals surface area contributed by atoms with E-state index in [0.29, 0.717) is 17.2 Å². The van der Waals surface area contributed by atoms with Crippen LogP contribution in [0.5, 0.6) is 11.5 Å². The summed E-state index contributed by atoms with van der Waals surface area (Å²) in [6, 6.07) is 12.7. The van der Waals surface area contributed by atoms with Crippen molar-refractivity contribution in [3.63, 3.8) is 0 Å². The normalized spacial score (nSPS) is 10.3. The van der Waals surface area contributed by atoms with Crippen LogP contribution in [0.1, 0.15) is 11.7 Å². The average molecular weight is 384 g/mol. The maximum atomic E-state index is 12.2. The van der Waals surface area contributed by atoms with Crippen LogP contribution in [-0.4, -0.2) is 28.1 Å². The second-order valence-electron chi connectivity index (χ2n) is 5.57. The number of nitrogens with one attached hydrogen (secondary N) is 1.